The molecule has 1 unspecified atom stereocenters. The lowest BCUT2D eigenvalue weighted by molar-refractivity contribution is 0.295. The number of hydrogen-bond donors (Lipinski definition) is 1. The van der Waals surface area contributed by atoms with Gasteiger partial charge in [-0.2, -0.15) is 0 Å². The maximum atomic E-state index is 4.69. The summed E-state index contributed by atoms with van der Waals surface area (Å²) in [6, 6.07) is 43.1. The molecule has 0 saturated heterocycles. The summed E-state index contributed by atoms with van der Waals surface area (Å²) < 4.78 is 2.12. The van der Waals surface area contributed by atoms with Gasteiger partial charge in [0.15, 0.2) is 5.82 Å². The first-order valence-corrected chi connectivity index (χ1v) is 14.1. The van der Waals surface area contributed by atoms with E-state index < -0.39 is 5.54 Å². The summed E-state index contributed by atoms with van der Waals surface area (Å²) in [6.07, 6.45) is 6.75. The molecule has 1 aliphatic carbocycles. The van der Waals surface area contributed by atoms with Crippen LogP contribution in [0.5, 0.6) is 0 Å². The van der Waals surface area contributed by atoms with Crippen molar-refractivity contribution >= 4 is 0 Å². The molecule has 5 heteroatoms. The van der Waals surface area contributed by atoms with Crippen LogP contribution >= 0.6 is 0 Å². The van der Waals surface area contributed by atoms with Crippen LogP contribution in [-0.2, 0) is 12.0 Å². The summed E-state index contributed by atoms with van der Waals surface area (Å²) in [5.74, 6) is 0.901. The Balaban J connectivity index is 1.54. The first-order chi connectivity index (χ1) is 19.3. The minimum absolute atomic E-state index is 0.134. The highest BCUT2D eigenvalue weighted by Crippen LogP contribution is 2.40. The van der Waals surface area contributed by atoms with Gasteiger partial charge in [-0.1, -0.05) is 141 Å². The van der Waals surface area contributed by atoms with Gasteiger partial charge in [0.2, 0.25) is 0 Å². The Morgan fingerprint density at radius 3 is 1.67 bits per heavy atom. The summed E-state index contributed by atoms with van der Waals surface area (Å²) in [5, 5.41) is 17.7. The van der Waals surface area contributed by atoms with E-state index >= 15 is 0 Å². The number of hydrogen-bond acceptors (Lipinski definition) is 4. The molecule has 0 radical (unpaired) electrons. The first kappa shape index (κ1) is 25.2. The molecule has 196 valence electrons. The van der Waals surface area contributed by atoms with E-state index in [1.807, 2.05) is 0 Å². The van der Waals surface area contributed by atoms with E-state index in [9.17, 15) is 0 Å². The second-order valence-electron chi connectivity index (χ2n) is 10.5. The summed E-state index contributed by atoms with van der Waals surface area (Å²) in [4.78, 5) is 0. The summed E-state index contributed by atoms with van der Waals surface area (Å²) in [7, 11) is 0. The van der Waals surface area contributed by atoms with Crippen molar-refractivity contribution < 1.29 is 0 Å². The Kier molecular flexibility index (Phi) is 7.59. The third kappa shape index (κ3) is 5.27. The third-order valence-electron chi connectivity index (χ3n) is 8.04. The molecule has 0 bridgehead atoms. The standard InChI is InChI=1S/C34H35N5/c1-6-16-27(17-7-1)26-32(33-36-37-38-39(33)31-24-14-5-15-25-31)35-34(28-18-8-2-9-19-28,29-20-10-3-11-21-29)30-22-12-4-13-23-30/h1-4,6-13,16-23,31-32,35H,5,14-15,24-26H2. The van der Waals surface area contributed by atoms with Crippen molar-refractivity contribution in [2.45, 2.75) is 56.1 Å². The minimum Gasteiger partial charge on any atom is -0.290 e. The van der Waals surface area contributed by atoms with Crippen LogP contribution in [0.4, 0.5) is 0 Å². The molecule has 39 heavy (non-hydrogen) atoms. The predicted octanol–water partition coefficient (Wildman–Crippen LogP) is 7.04. The SMILES string of the molecule is c1ccc(CC(NC(c2ccccc2)(c2ccccc2)c2ccccc2)c2nnnn2C2CCCCC2)cc1. The molecule has 1 saturated carbocycles. The number of aromatic nitrogens is 4. The normalized spacial score (nSPS) is 15.2. The smallest absolute Gasteiger partial charge is 0.168 e. The zero-order valence-electron chi connectivity index (χ0n) is 22.2. The summed E-state index contributed by atoms with van der Waals surface area (Å²) in [5.41, 5.74) is 4.16. The van der Waals surface area contributed by atoms with Gasteiger partial charge >= 0.3 is 0 Å². The lowest BCUT2D eigenvalue weighted by atomic mass is 9.76. The molecule has 1 heterocycles. The van der Waals surface area contributed by atoms with Crippen LogP contribution in [0.15, 0.2) is 121 Å². The van der Waals surface area contributed by atoms with Gasteiger partial charge in [-0.25, -0.2) is 4.68 Å². The Bertz CT molecular complexity index is 1330. The van der Waals surface area contributed by atoms with Gasteiger partial charge < -0.3 is 0 Å². The van der Waals surface area contributed by atoms with E-state index in [1.165, 1.54) is 41.5 Å². The summed E-state index contributed by atoms with van der Waals surface area (Å²) in [6.45, 7) is 0. The molecule has 1 aliphatic rings. The van der Waals surface area contributed by atoms with E-state index in [1.54, 1.807) is 0 Å². The molecular weight excluding hydrogens is 478 g/mol. The van der Waals surface area contributed by atoms with Gasteiger partial charge in [-0.05, 0) is 51.9 Å². The van der Waals surface area contributed by atoms with Crippen LogP contribution in [0.25, 0.3) is 0 Å². The highest BCUT2D eigenvalue weighted by atomic mass is 15.6. The fourth-order valence-electron chi connectivity index (χ4n) is 6.15. The van der Waals surface area contributed by atoms with Gasteiger partial charge in [0.05, 0.1) is 17.6 Å². The van der Waals surface area contributed by atoms with Crippen molar-refractivity contribution in [3.05, 3.63) is 149 Å². The minimum atomic E-state index is -0.618. The maximum Gasteiger partial charge on any atom is 0.168 e. The van der Waals surface area contributed by atoms with Crippen LogP contribution < -0.4 is 5.32 Å². The molecule has 1 atom stereocenters. The Morgan fingerprint density at radius 2 is 1.15 bits per heavy atom. The number of nitrogens with zero attached hydrogens (tertiary/aromatic N) is 4. The number of rotatable bonds is 9. The van der Waals surface area contributed by atoms with Gasteiger partial charge in [0.25, 0.3) is 0 Å². The molecule has 0 spiro atoms. The molecule has 5 aromatic rings. The molecule has 0 amide bonds. The van der Waals surface area contributed by atoms with E-state index in [-0.39, 0.29) is 6.04 Å². The van der Waals surface area contributed by atoms with Crippen molar-refractivity contribution in [1.29, 1.82) is 0 Å². The van der Waals surface area contributed by atoms with Gasteiger partial charge in [-0.3, -0.25) is 5.32 Å². The van der Waals surface area contributed by atoms with Crippen molar-refractivity contribution in [1.82, 2.24) is 25.5 Å². The number of benzene rings is 4. The topological polar surface area (TPSA) is 55.6 Å². The van der Waals surface area contributed by atoms with Crippen molar-refractivity contribution in [3.8, 4) is 0 Å². The quantitative estimate of drug-likeness (QED) is 0.215. The summed E-state index contributed by atoms with van der Waals surface area (Å²) >= 11 is 0. The van der Waals surface area contributed by atoms with E-state index in [4.69, 9.17) is 5.10 Å². The average Bonchev–Trinajstić information content (AvgIpc) is 3.52. The lowest BCUT2D eigenvalue weighted by Crippen LogP contribution is -2.47. The number of tetrazole rings is 1. The molecule has 6 rings (SSSR count). The van der Waals surface area contributed by atoms with Crippen LogP contribution in [0.2, 0.25) is 0 Å². The van der Waals surface area contributed by atoms with Crippen molar-refractivity contribution in [2.75, 3.05) is 0 Å². The highest BCUT2D eigenvalue weighted by molar-refractivity contribution is 5.49. The van der Waals surface area contributed by atoms with Gasteiger partial charge in [-0.15, -0.1) is 5.10 Å². The van der Waals surface area contributed by atoms with E-state index in [0.717, 1.165) is 25.1 Å². The van der Waals surface area contributed by atoms with Crippen molar-refractivity contribution in [3.63, 3.8) is 0 Å². The van der Waals surface area contributed by atoms with Crippen molar-refractivity contribution in [2.24, 2.45) is 0 Å². The maximum absolute atomic E-state index is 4.69. The fraction of sp³-hybridized carbons (Fsp3) is 0.265. The van der Waals surface area contributed by atoms with Crippen LogP contribution in [0.1, 0.15) is 72.3 Å². The molecule has 1 fully saturated rings. The molecule has 1 aromatic heterocycles. The highest BCUT2D eigenvalue weighted by Gasteiger charge is 2.40. The second kappa shape index (κ2) is 11.7. The lowest BCUT2D eigenvalue weighted by Gasteiger charge is -2.40. The Hall–Kier alpha value is -4.09. The number of nitrogens with one attached hydrogen (secondary N) is 1. The molecule has 0 aliphatic heterocycles. The monoisotopic (exact) mass is 513 g/mol. The third-order valence-corrected chi connectivity index (χ3v) is 8.04. The largest absolute Gasteiger partial charge is 0.290 e. The second-order valence-corrected chi connectivity index (χ2v) is 10.5. The molecule has 1 N–H and O–H groups in total. The van der Waals surface area contributed by atoms with Crippen LogP contribution in [0, 0.1) is 0 Å². The molecular formula is C34H35N5. The van der Waals surface area contributed by atoms with Crippen LogP contribution in [0.3, 0.4) is 0 Å². The molecule has 4 aromatic carbocycles. The van der Waals surface area contributed by atoms with Crippen LogP contribution in [-0.4, -0.2) is 20.2 Å². The molecule has 5 nitrogen and oxygen atoms in total. The fourth-order valence-corrected chi connectivity index (χ4v) is 6.15. The first-order valence-electron chi connectivity index (χ1n) is 14.1. The zero-order valence-corrected chi connectivity index (χ0v) is 22.2. The Morgan fingerprint density at radius 1 is 0.667 bits per heavy atom. The van der Waals surface area contributed by atoms with Gasteiger partial charge in [0.1, 0.15) is 0 Å². The Labute approximate surface area is 230 Å². The van der Waals surface area contributed by atoms with Gasteiger partial charge in [0, 0.05) is 0 Å². The zero-order chi connectivity index (χ0) is 26.3. The predicted molar refractivity (Wildman–Crippen MR) is 155 cm³/mol. The van der Waals surface area contributed by atoms with E-state index in [0.29, 0.717) is 6.04 Å². The average molecular weight is 514 g/mol. The van der Waals surface area contributed by atoms with E-state index in [2.05, 4.69) is 142 Å².